The summed E-state index contributed by atoms with van der Waals surface area (Å²) in [5, 5.41) is 2.31. The summed E-state index contributed by atoms with van der Waals surface area (Å²) in [6, 6.07) is 10.3. The predicted octanol–water partition coefficient (Wildman–Crippen LogP) is 6.97. The summed E-state index contributed by atoms with van der Waals surface area (Å²) in [6.45, 7) is 4.76. The quantitative estimate of drug-likeness (QED) is 0.426. The Morgan fingerprint density at radius 3 is 1.82 bits per heavy atom. The van der Waals surface area contributed by atoms with E-state index in [1.54, 1.807) is 51.1 Å². The van der Waals surface area contributed by atoms with Crippen LogP contribution in [0.15, 0.2) is 48.5 Å². The Bertz CT molecular complexity index is 920. The summed E-state index contributed by atoms with van der Waals surface area (Å²) in [5.41, 5.74) is -3.17. The van der Waals surface area contributed by atoms with E-state index in [1.165, 1.54) is 7.05 Å². The van der Waals surface area contributed by atoms with Crippen molar-refractivity contribution < 1.29 is 40.6 Å². The minimum atomic E-state index is -4.97. The highest BCUT2D eigenvalue weighted by Crippen LogP contribution is 2.42. The molecule has 2 rings (SSSR count). The summed E-state index contributed by atoms with van der Waals surface area (Å²) in [5.74, 6) is -0.503. The zero-order valence-corrected chi connectivity index (χ0v) is 19.2. The second-order valence-corrected chi connectivity index (χ2v) is 8.87. The van der Waals surface area contributed by atoms with Crippen molar-refractivity contribution >= 4 is 6.09 Å². The van der Waals surface area contributed by atoms with E-state index in [0.717, 1.165) is 5.56 Å². The molecular formula is C24H27F6NO3. The highest BCUT2D eigenvalue weighted by atomic mass is 19.4. The lowest BCUT2D eigenvalue weighted by Crippen LogP contribution is -2.27. The number of ether oxygens (including phenoxy) is 2. The van der Waals surface area contributed by atoms with E-state index in [-0.39, 0.29) is 24.8 Å². The Balaban J connectivity index is 2.43. The van der Waals surface area contributed by atoms with Gasteiger partial charge in [0, 0.05) is 13.0 Å². The summed E-state index contributed by atoms with van der Waals surface area (Å²) < 4.78 is 91.4. The molecule has 0 spiro atoms. The van der Waals surface area contributed by atoms with Crippen LogP contribution in [0.1, 0.15) is 55.0 Å². The van der Waals surface area contributed by atoms with Crippen LogP contribution in [0.5, 0.6) is 0 Å². The molecule has 4 nitrogen and oxygen atoms in total. The number of carbonyl (C=O) groups excluding carboxylic acids is 1. The molecule has 0 saturated heterocycles. The van der Waals surface area contributed by atoms with Gasteiger partial charge in [-0.25, -0.2) is 4.79 Å². The summed E-state index contributed by atoms with van der Waals surface area (Å²) in [7, 11) is 1.39. The molecule has 0 fully saturated rings. The van der Waals surface area contributed by atoms with Crippen LogP contribution in [-0.4, -0.2) is 26.4 Å². The van der Waals surface area contributed by atoms with E-state index in [1.807, 2.05) is 0 Å². The topological polar surface area (TPSA) is 47.6 Å². The monoisotopic (exact) mass is 491 g/mol. The molecule has 2 aromatic rings. The number of alkyl carbamates (subject to hydrolysis) is 1. The van der Waals surface area contributed by atoms with E-state index in [2.05, 4.69) is 5.32 Å². The number of hydrogen-bond acceptors (Lipinski definition) is 3. The van der Waals surface area contributed by atoms with Crippen molar-refractivity contribution in [3.8, 4) is 0 Å². The standard InChI is InChI=1S/C24H27F6NO3/c1-22(2,3)20(16-10-18(23(25,26)27)12-19(11-16)24(28,29)30)33-13-17(14-34-21(32)31-4)15-8-6-5-7-9-15/h5-12,17,20H,13-14H2,1-4H3,(H,31,32). The molecule has 34 heavy (non-hydrogen) atoms. The Morgan fingerprint density at radius 2 is 1.38 bits per heavy atom. The molecule has 1 amide bonds. The van der Waals surface area contributed by atoms with Crippen LogP contribution < -0.4 is 5.32 Å². The molecule has 0 aliphatic carbocycles. The second kappa shape index (κ2) is 10.7. The predicted molar refractivity (Wildman–Crippen MR) is 114 cm³/mol. The normalized spacial score (nSPS) is 14.4. The number of rotatable bonds is 7. The fraction of sp³-hybridized carbons (Fsp3) is 0.458. The molecule has 2 aromatic carbocycles. The number of hydrogen-bond donors (Lipinski definition) is 1. The van der Waals surface area contributed by atoms with Crippen molar-refractivity contribution in [1.82, 2.24) is 5.32 Å². The average Bonchev–Trinajstić information content (AvgIpc) is 2.74. The molecule has 188 valence electrons. The molecule has 2 unspecified atom stereocenters. The summed E-state index contributed by atoms with van der Waals surface area (Å²) >= 11 is 0. The van der Waals surface area contributed by atoms with Crippen molar-refractivity contribution in [2.75, 3.05) is 20.3 Å². The fourth-order valence-corrected chi connectivity index (χ4v) is 3.40. The van der Waals surface area contributed by atoms with Crippen molar-refractivity contribution in [3.05, 3.63) is 70.8 Å². The number of halogens is 6. The van der Waals surface area contributed by atoms with Crippen LogP contribution in [0.3, 0.4) is 0 Å². The highest BCUT2D eigenvalue weighted by Gasteiger charge is 2.39. The minimum absolute atomic E-state index is 0.0905. The maximum atomic E-state index is 13.4. The van der Waals surface area contributed by atoms with Gasteiger partial charge in [-0.1, -0.05) is 51.1 Å². The molecule has 1 N–H and O–H groups in total. The van der Waals surface area contributed by atoms with Crippen LogP contribution in [0.2, 0.25) is 0 Å². The van der Waals surface area contributed by atoms with Crippen molar-refractivity contribution in [2.45, 2.75) is 45.1 Å². The first-order valence-corrected chi connectivity index (χ1v) is 10.4. The first-order chi connectivity index (χ1) is 15.6. The third kappa shape index (κ3) is 7.65. The Morgan fingerprint density at radius 1 is 0.853 bits per heavy atom. The van der Waals surface area contributed by atoms with Gasteiger partial charge >= 0.3 is 18.4 Å². The van der Waals surface area contributed by atoms with Gasteiger partial charge in [0.2, 0.25) is 0 Å². The Labute approximate surface area is 194 Å². The minimum Gasteiger partial charge on any atom is -0.449 e. The molecule has 10 heteroatoms. The zero-order valence-electron chi connectivity index (χ0n) is 19.2. The van der Waals surface area contributed by atoms with Gasteiger partial charge in [-0.2, -0.15) is 26.3 Å². The van der Waals surface area contributed by atoms with Crippen LogP contribution in [0, 0.1) is 5.41 Å². The van der Waals surface area contributed by atoms with E-state index in [9.17, 15) is 31.1 Å². The maximum Gasteiger partial charge on any atom is 0.416 e. The largest absolute Gasteiger partial charge is 0.449 e. The zero-order chi connectivity index (χ0) is 25.7. The molecule has 0 heterocycles. The second-order valence-electron chi connectivity index (χ2n) is 8.87. The number of alkyl halides is 6. The lowest BCUT2D eigenvalue weighted by Gasteiger charge is -2.33. The Hall–Kier alpha value is -2.75. The maximum absolute atomic E-state index is 13.4. The van der Waals surface area contributed by atoms with Gasteiger partial charge < -0.3 is 14.8 Å². The van der Waals surface area contributed by atoms with Gasteiger partial charge in [0.15, 0.2) is 0 Å². The van der Waals surface area contributed by atoms with E-state index in [0.29, 0.717) is 12.1 Å². The van der Waals surface area contributed by atoms with Gasteiger partial charge in [0.1, 0.15) is 6.61 Å². The lowest BCUT2D eigenvalue weighted by molar-refractivity contribution is -0.143. The van der Waals surface area contributed by atoms with Gasteiger partial charge in [-0.05, 0) is 34.7 Å². The molecular weight excluding hydrogens is 464 g/mol. The molecule has 0 bridgehead atoms. The number of nitrogens with one attached hydrogen (secondary N) is 1. The van der Waals surface area contributed by atoms with Crippen LogP contribution in [-0.2, 0) is 21.8 Å². The summed E-state index contributed by atoms with van der Waals surface area (Å²) in [4.78, 5) is 11.5. The third-order valence-electron chi connectivity index (χ3n) is 5.05. The molecule has 2 atom stereocenters. The SMILES string of the molecule is CNC(=O)OCC(COC(c1cc(C(F)(F)F)cc(C(F)(F)F)c1)C(C)(C)C)c1ccccc1. The molecule has 0 aromatic heterocycles. The number of benzene rings is 2. The number of amides is 1. The molecule has 0 aliphatic heterocycles. The third-order valence-corrected chi connectivity index (χ3v) is 5.05. The summed E-state index contributed by atoms with van der Waals surface area (Å²) in [6.07, 6.45) is -11.7. The van der Waals surface area contributed by atoms with Gasteiger partial charge in [0.05, 0.1) is 23.8 Å². The highest BCUT2D eigenvalue weighted by molar-refractivity contribution is 5.66. The van der Waals surface area contributed by atoms with E-state index >= 15 is 0 Å². The first kappa shape index (κ1) is 27.5. The van der Waals surface area contributed by atoms with Crippen LogP contribution >= 0.6 is 0 Å². The lowest BCUT2D eigenvalue weighted by atomic mass is 9.83. The van der Waals surface area contributed by atoms with Gasteiger partial charge in [-0.3, -0.25) is 0 Å². The molecule has 0 saturated carbocycles. The average molecular weight is 491 g/mol. The van der Waals surface area contributed by atoms with Crippen molar-refractivity contribution in [1.29, 1.82) is 0 Å². The van der Waals surface area contributed by atoms with E-state index in [4.69, 9.17) is 9.47 Å². The van der Waals surface area contributed by atoms with E-state index < -0.39 is 47.0 Å². The first-order valence-electron chi connectivity index (χ1n) is 10.4. The molecule has 0 aliphatic rings. The molecule has 0 radical (unpaired) electrons. The van der Waals surface area contributed by atoms with Gasteiger partial charge in [-0.15, -0.1) is 0 Å². The van der Waals surface area contributed by atoms with Crippen LogP contribution in [0.4, 0.5) is 31.1 Å². The van der Waals surface area contributed by atoms with Crippen LogP contribution in [0.25, 0.3) is 0 Å². The van der Waals surface area contributed by atoms with Crippen molar-refractivity contribution in [3.63, 3.8) is 0 Å². The van der Waals surface area contributed by atoms with Gasteiger partial charge in [0.25, 0.3) is 0 Å². The van der Waals surface area contributed by atoms with Crippen molar-refractivity contribution in [2.24, 2.45) is 5.41 Å². The smallest absolute Gasteiger partial charge is 0.416 e. The Kier molecular flexibility index (Phi) is 8.63. The number of carbonyl (C=O) groups is 1. The fourth-order valence-electron chi connectivity index (χ4n) is 3.40.